The number of hydrogen-bond acceptors (Lipinski definition) is 4. The summed E-state index contributed by atoms with van der Waals surface area (Å²) in [4.78, 5) is 15.8. The predicted octanol–water partition coefficient (Wildman–Crippen LogP) is 3.46. The van der Waals surface area contributed by atoms with E-state index in [1.165, 1.54) is 12.3 Å². The van der Waals surface area contributed by atoms with Crippen LogP contribution in [0.25, 0.3) is 11.3 Å². The monoisotopic (exact) mass is 331 g/mol. The molecule has 0 fully saturated rings. The van der Waals surface area contributed by atoms with E-state index in [0.29, 0.717) is 17.0 Å². The Morgan fingerprint density at radius 2 is 2.09 bits per heavy atom. The number of nitrogens with zero attached hydrogens (tertiary/aromatic N) is 2. The predicted molar refractivity (Wildman–Crippen MR) is 82.3 cm³/mol. The first-order chi connectivity index (χ1) is 11.1. The smallest absolute Gasteiger partial charge is 0.254 e. The number of carbonyl (C=O) groups excluding carboxylic acids is 1. The van der Waals surface area contributed by atoms with Gasteiger partial charge in [0.05, 0.1) is 12.1 Å². The Morgan fingerprint density at radius 3 is 2.87 bits per heavy atom. The Balaban J connectivity index is 1.70. The molecular weight excluding hydrogens is 321 g/mol. The molecule has 0 bridgehead atoms. The van der Waals surface area contributed by atoms with Crippen molar-refractivity contribution in [2.24, 2.45) is 0 Å². The highest BCUT2D eigenvalue weighted by molar-refractivity contribution is 6.32. The molecule has 0 aliphatic heterocycles. The molecule has 3 rings (SSSR count). The van der Waals surface area contributed by atoms with Gasteiger partial charge in [-0.25, -0.2) is 9.37 Å². The Bertz CT molecular complexity index is 851. The summed E-state index contributed by atoms with van der Waals surface area (Å²) in [6.07, 6.45) is 1.50. The minimum atomic E-state index is -0.390. The van der Waals surface area contributed by atoms with Crippen LogP contribution in [-0.4, -0.2) is 16.0 Å². The van der Waals surface area contributed by atoms with E-state index in [1.807, 2.05) is 0 Å². The van der Waals surface area contributed by atoms with Crippen molar-refractivity contribution in [1.82, 2.24) is 15.5 Å². The van der Waals surface area contributed by atoms with Crippen LogP contribution in [0.3, 0.4) is 0 Å². The summed E-state index contributed by atoms with van der Waals surface area (Å²) in [5.41, 5.74) is 0.971. The van der Waals surface area contributed by atoms with Gasteiger partial charge in [0.2, 0.25) is 0 Å². The molecular formula is C16H11ClFN3O2. The number of pyridine rings is 1. The van der Waals surface area contributed by atoms with Crippen LogP contribution in [0.5, 0.6) is 0 Å². The van der Waals surface area contributed by atoms with Crippen LogP contribution in [-0.2, 0) is 6.54 Å². The largest absolute Gasteiger partial charge is 0.359 e. The standard InChI is InChI=1S/C16H11ClFN3O2/c17-15-12(5-3-7-19-15)16(22)20-9-10-8-14(21-23-10)11-4-1-2-6-13(11)18/h1-8H,9H2,(H,20,22). The van der Waals surface area contributed by atoms with E-state index in [-0.39, 0.29) is 23.2 Å². The number of nitrogens with one attached hydrogen (secondary N) is 1. The van der Waals surface area contributed by atoms with Crippen molar-refractivity contribution in [2.75, 3.05) is 0 Å². The van der Waals surface area contributed by atoms with Crippen LogP contribution in [0.2, 0.25) is 5.15 Å². The van der Waals surface area contributed by atoms with Crippen LogP contribution < -0.4 is 5.32 Å². The molecule has 2 aromatic heterocycles. The van der Waals surface area contributed by atoms with Gasteiger partial charge in [0.25, 0.3) is 5.91 Å². The van der Waals surface area contributed by atoms with Crippen molar-refractivity contribution < 1.29 is 13.7 Å². The number of aromatic nitrogens is 2. The molecule has 0 aliphatic rings. The van der Waals surface area contributed by atoms with Crippen molar-refractivity contribution >= 4 is 17.5 Å². The summed E-state index contributed by atoms with van der Waals surface area (Å²) < 4.78 is 18.8. The first-order valence-electron chi connectivity index (χ1n) is 6.74. The average molecular weight is 332 g/mol. The molecule has 2 heterocycles. The van der Waals surface area contributed by atoms with Crippen molar-refractivity contribution in [3.63, 3.8) is 0 Å². The zero-order valence-electron chi connectivity index (χ0n) is 11.8. The molecule has 0 saturated heterocycles. The highest BCUT2D eigenvalue weighted by Crippen LogP contribution is 2.22. The fourth-order valence-corrected chi connectivity index (χ4v) is 2.22. The van der Waals surface area contributed by atoms with Crippen LogP contribution in [0, 0.1) is 5.82 Å². The number of carbonyl (C=O) groups is 1. The SMILES string of the molecule is O=C(NCc1cc(-c2ccccc2F)no1)c1cccnc1Cl. The maximum Gasteiger partial charge on any atom is 0.254 e. The first kappa shape index (κ1) is 15.2. The van der Waals surface area contributed by atoms with Gasteiger partial charge in [0.1, 0.15) is 16.7 Å². The lowest BCUT2D eigenvalue weighted by molar-refractivity contribution is 0.0947. The fraction of sp³-hybridized carbons (Fsp3) is 0.0625. The molecule has 0 aliphatic carbocycles. The number of rotatable bonds is 4. The van der Waals surface area contributed by atoms with Crippen molar-refractivity contribution in [1.29, 1.82) is 0 Å². The minimum Gasteiger partial charge on any atom is -0.359 e. The average Bonchev–Trinajstić information content (AvgIpc) is 3.02. The highest BCUT2D eigenvalue weighted by atomic mass is 35.5. The topological polar surface area (TPSA) is 68.0 Å². The van der Waals surface area contributed by atoms with E-state index in [2.05, 4.69) is 15.5 Å². The van der Waals surface area contributed by atoms with Crippen LogP contribution in [0.4, 0.5) is 4.39 Å². The maximum atomic E-state index is 13.7. The molecule has 0 saturated carbocycles. The quantitative estimate of drug-likeness (QED) is 0.743. The third-order valence-corrected chi connectivity index (χ3v) is 3.44. The highest BCUT2D eigenvalue weighted by Gasteiger charge is 2.13. The van der Waals surface area contributed by atoms with Crippen LogP contribution >= 0.6 is 11.6 Å². The molecule has 0 atom stereocenters. The Hall–Kier alpha value is -2.73. The molecule has 0 spiro atoms. The van der Waals surface area contributed by atoms with Gasteiger partial charge in [-0.05, 0) is 24.3 Å². The molecule has 116 valence electrons. The van der Waals surface area contributed by atoms with Gasteiger partial charge in [0, 0.05) is 17.8 Å². The van der Waals surface area contributed by atoms with E-state index in [9.17, 15) is 9.18 Å². The molecule has 1 amide bonds. The fourth-order valence-electron chi connectivity index (χ4n) is 2.01. The molecule has 0 unspecified atom stereocenters. The Morgan fingerprint density at radius 1 is 1.26 bits per heavy atom. The lowest BCUT2D eigenvalue weighted by Gasteiger charge is -2.03. The van der Waals surface area contributed by atoms with E-state index < -0.39 is 5.82 Å². The number of benzene rings is 1. The van der Waals surface area contributed by atoms with Gasteiger partial charge in [-0.1, -0.05) is 28.9 Å². The van der Waals surface area contributed by atoms with E-state index >= 15 is 0 Å². The van der Waals surface area contributed by atoms with Gasteiger partial charge in [0.15, 0.2) is 5.76 Å². The molecule has 23 heavy (non-hydrogen) atoms. The number of halogens is 2. The van der Waals surface area contributed by atoms with E-state index in [4.69, 9.17) is 16.1 Å². The number of amides is 1. The second kappa shape index (κ2) is 6.58. The maximum absolute atomic E-state index is 13.7. The lowest BCUT2D eigenvalue weighted by Crippen LogP contribution is -2.23. The second-order valence-electron chi connectivity index (χ2n) is 4.68. The molecule has 5 nitrogen and oxygen atoms in total. The summed E-state index contributed by atoms with van der Waals surface area (Å²) in [6.45, 7) is 0.103. The Labute approximate surface area is 136 Å². The zero-order valence-corrected chi connectivity index (χ0v) is 12.5. The Kier molecular flexibility index (Phi) is 4.34. The minimum absolute atomic E-state index is 0.103. The van der Waals surface area contributed by atoms with Gasteiger partial charge in [-0.3, -0.25) is 4.79 Å². The molecule has 3 aromatic rings. The normalized spacial score (nSPS) is 10.5. The van der Waals surface area contributed by atoms with E-state index in [1.54, 1.807) is 36.4 Å². The zero-order chi connectivity index (χ0) is 16.2. The van der Waals surface area contributed by atoms with Gasteiger partial charge in [-0.15, -0.1) is 0 Å². The van der Waals surface area contributed by atoms with Crippen molar-refractivity contribution in [2.45, 2.75) is 6.54 Å². The third-order valence-electron chi connectivity index (χ3n) is 3.14. The summed E-state index contributed by atoms with van der Waals surface area (Å²) in [5.74, 6) is -0.373. The van der Waals surface area contributed by atoms with Crippen LogP contribution in [0.15, 0.2) is 53.2 Å². The van der Waals surface area contributed by atoms with Gasteiger partial charge in [-0.2, -0.15) is 0 Å². The molecule has 1 N–H and O–H groups in total. The van der Waals surface area contributed by atoms with Crippen LogP contribution in [0.1, 0.15) is 16.1 Å². The molecule has 1 aromatic carbocycles. The summed E-state index contributed by atoms with van der Waals surface area (Å²) in [7, 11) is 0. The molecule has 0 radical (unpaired) electrons. The van der Waals surface area contributed by atoms with Crippen molar-refractivity contribution in [3.8, 4) is 11.3 Å². The van der Waals surface area contributed by atoms with E-state index in [0.717, 1.165) is 0 Å². The van der Waals surface area contributed by atoms with Gasteiger partial charge >= 0.3 is 0 Å². The van der Waals surface area contributed by atoms with Crippen molar-refractivity contribution in [3.05, 3.63) is 71.0 Å². The third kappa shape index (κ3) is 3.37. The molecule has 7 heteroatoms. The number of hydrogen-bond donors (Lipinski definition) is 1. The summed E-state index contributed by atoms with van der Waals surface area (Å²) in [6, 6.07) is 11.0. The summed E-state index contributed by atoms with van der Waals surface area (Å²) >= 11 is 5.85. The summed E-state index contributed by atoms with van der Waals surface area (Å²) in [5, 5.41) is 6.58. The second-order valence-corrected chi connectivity index (χ2v) is 5.04. The lowest BCUT2D eigenvalue weighted by atomic mass is 10.1. The van der Waals surface area contributed by atoms with Gasteiger partial charge < -0.3 is 9.84 Å². The first-order valence-corrected chi connectivity index (χ1v) is 7.12.